The zero-order valence-electron chi connectivity index (χ0n) is 13.2. The highest BCUT2D eigenvalue weighted by Crippen LogP contribution is 2.23. The topological polar surface area (TPSA) is 32.3 Å². The van der Waals surface area contributed by atoms with E-state index >= 15 is 0 Å². The largest absolute Gasteiger partial charge is 0.358 e. The minimum atomic E-state index is -0.0115. The van der Waals surface area contributed by atoms with Crippen LogP contribution in [0.1, 0.15) is 39.2 Å². The molecular weight excluding hydrogens is 300 g/mol. The molecule has 3 nitrogen and oxygen atoms in total. The Morgan fingerprint density at radius 2 is 1.90 bits per heavy atom. The molecule has 0 aromatic heterocycles. The van der Waals surface area contributed by atoms with Gasteiger partial charge in [-0.1, -0.05) is 56.0 Å². The average molecular weight is 325 g/mol. The Kier molecular flexibility index (Phi) is 7.75. The average Bonchev–Trinajstić information content (AvgIpc) is 2.46. The third-order valence-corrected chi connectivity index (χ3v) is 4.73. The van der Waals surface area contributed by atoms with Crippen LogP contribution in [0.4, 0.5) is 5.69 Å². The van der Waals surface area contributed by atoms with Gasteiger partial charge < -0.3 is 10.2 Å². The van der Waals surface area contributed by atoms with Crippen molar-refractivity contribution in [2.45, 2.75) is 33.6 Å². The summed E-state index contributed by atoms with van der Waals surface area (Å²) >= 11 is 6.75. The van der Waals surface area contributed by atoms with Crippen molar-refractivity contribution in [1.29, 1.82) is 0 Å². The molecule has 0 aliphatic carbocycles. The maximum atomic E-state index is 12.1. The molecule has 0 saturated carbocycles. The van der Waals surface area contributed by atoms with Gasteiger partial charge in [0.05, 0.1) is 5.75 Å². The second-order valence-electron chi connectivity index (χ2n) is 5.02. The summed E-state index contributed by atoms with van der Waals surface area (Å²) in [6, 6.07) is 7.93. The van der Waals surface area contributed by atoms with Gasteiger partial charge in [-0.25, -0.2) is 0 Å². The summed E-state index contributed by atoms with van der Waals surface area (Å²) in [5, 5.41) is 2.98. The summed E-state index contributed by atoms with van der Waals surface area (Å²) in [5.41, 5.74) is 2.05. The smallest absolute Gasteiger partial charge is 0.234 e. The van der Waals surface area contributed by atoms with Crippen LogP contribution in [-0.2, 0) is 4.79 Å². The molecule has 5 heteroatoms. The maximum Gasteiger partial charge on any atom is 0.234 e. The molecule has 0 heterocycles. The Morgan fingerprint density at radius 1 is 1.29 bits per heavy atom. The molecule has 116 valence electrons. The van der Waals surface area contributed by atoms with E-state index in [0.717, 1.165) is 28.7 Å². The van der Waals surface area contributed by atoms with Crippen LogP contribution in [0.3, 0.4) is 0 Å². The lowest BCUT2D eigenvalue weighted by atomic mass is 10.0. The Balaban J connectivity index is 2.57. The first-order chi connectivity index (χ1) is 9.99. The van der Waals surface area contributed by atoms with Gasteiger partial charge in [0.25, 0.3) is 0 Å². The summed E-state index contributed by atoms with van der Waals surface area (Å²) in [5.74, 6) is 0.718. The van der Waals surface area contributed by atoms with Gasteiger partial charge in [0.2, 0.25) is 5.91 Å². The summed E-state index contributed by atoms with van der Waals surface area (Å²) < 4.78 is 0.785. The van der Waals surface area contributed by atoms with E-state index in [4.69, 9.17) is 12.2 Å². The molecule has 1 aromatic rings. The van der Waals surface area contributed by atoms with E-state index in [1.807, 2.05) is 24.3 Å². The number of anilines is 1. The quantitative estimate of drug-likeness (QED) is 0.798. The minimum Gasteiger partial charge on any atom is -0.358 e. The van der Waals surface area contributed by atoms with Crippen LogP contribution in [0.5, 0.6) is 0 Å². The second kappa shape index (κ2) is 9.05. The van der Waals surface area contributed by atoms with Gasteiger partial charge in [-0.2, -0.15) is 0 Å². The predicted molar refractivity (Wildman–Crippen MR) is 97.1 cm³/mol. The fourth-order valence-electron chi connectivity index (χ4n) is 2.00. The van der Waals surface area contributed by atoms with Crippen LogP contribution < -0.4 is 5.32 Å². The number of thioether (sulfide) groups is 1. The van der Waals surface area contributed by atoms with Gasteiger partial charge in [-0.05, 0) is 31.4 Å². The lowest BCUT2D eigenvalue weighted by molar-refractivity contribution is -0.113. The van der Waals surface area contributed by atoms with Crippen molar-refractivity contribution in [3.8, 4) is 0 Å². The van der Waals surface area contributed by atoms with Crippen LogP contribution in [0, 0.1) is 0 Å². The molecule has 1 N–H and O–H groups in total. The number of benzene rings is 1. The number of para-hydroxylation sites is 1. The molecular formula is C16H24N2OS2. The molecule has 0 fully saturated rings. The number of hydrogen-bond acceptors (Lipinski definition) is 3. The second-order valence-corrected chi connectivity index (χ2v) is 6.63. The van der Waals surface area contributed by atoms with E-state index in [1.54, 1.807) is 0 Å². The number of hydrogen-bond donors (Lipinski definition) is 1. The zero-order valence-corrected chi connectivity index (χ0v) is 14.8. The third-order valence-electron chi connectivity index (χ3n) is 3.21. The Bertz CT molecular complexity index is 485. The van der Waals surface area contributed by atoms with Gasteiger partial charge in [0, 0.05) is 18.8 Å². The summed E-state index contributed by atoms with van der Waals surface area (Å²) in [7, 11) is 0. The minimum absolute atomic E-state index is 0.0115. The van der Waals surface area contributed by atoms with Crippen molar-refractivity contribution in [2.75, 3.05) is 24.2 Å². The Labute approximate surface area is 137 Å². The maximum absolute atomic E-state index is 12.1. The number of thiocarbonyl (C=S) groups is 1. The number of rotatable bonds is 6. The van der Waals surface area contributed by atoms with Crippen molar-refractivity contribution >= 4 is 39.9 Å². The monoisotopic (exact) mass is 324 g/mol. The highest BCUT2D eigenvalue weighted by molar-refractivity contribution is 8.23. The van der Waals surface area contributed by atoms with Crippen LogP contribution in [-0.4, -0.2) is 34.0 Å². The van der Waals surface area contributed by atoms with Crippen LogP contribution >= 0.6 is 24.0 Å². The molecule has 21 heavy (non-hydrogen) atoms. The number of nitrogens with zero attached hydrogens (tertiary/aromatic N) is 1. The fraction of sp³-hybridized carbons (Fsp3) is 0.500. The lowest BCUT2D eigenvalue weighted by Gasteiger charge is -2.20. The van der Waals surface area contributed by atoms with Gasteiger partial charge in [-0.3, -0.25) is 4.79 Å². The van der Waals surface area contributed by atoms with Crippen molar-refractivity contribution in [1.82, 2.24) is 4.90 Å². The van der Waals surface area contributed by atoms with Gasteiger partial charge in [0.1, 0.15) is 4.32 Å². The van der Waals surface area contributed by atoms with Crippen molar-refractivity contribution in [2.24, 2.45) is 0 Å². The molecule has 0 radical (unpaired) electrons. The molecule has 0 spiro atoms. The van der Waals surface area contributed by atoms with Crippen LogP contribution in [0.25, 0.3) is 0 Å². The molecule has 0 unspecified atom stereocenters. The van der Waals surface area contributed by atoms with E-state index < -0.39 is 0 Å². The highest BCUT2D eigenvalue weighted by Gasteiger charge is 2.12. The molecule has 0 aliphatic rings. The SMILES string of the molecule is CCN(CC)C(=S)SCC(=O)Nc1ccccc1C(C)C. The van der Waals surface area contributed by atoms with E-state index in [-0.39, 0.29) is 5.91 Å². The van der Waals surface area contributed by atoms with E-state index in [0.29, 0.717) is 11.7 Å². The van der Waals surface area contributed by atoms with Gasteiger partial charge >= 0.3 is 0 Å². The summed E-state index contributed by atoms with van der Waals surface area (Å²) in [6.45, 7) is 10.1. The van der Waals surface area contributed by atoms with E-state index in [9.17, 15) is 4.79 Å². The first kappa shape index (κ1) is 18.0. The number of amides is 1. The third kappa shape index (κ3) is 5.67. The summed E-state index contributed by atoms with van der Waals surface area (Å²) in [4.78, 5) is 14.2. The normalized spacial score (nSPS) is 10.5. The summed E-state index contributed by atoms with van der Waals surface area (Å²) in [6.07, 6.45) is 0. The number of carbonyl (C=O) groups excluding carboxylic acids is 1. The highest BCUT2D eigenvalue weighted by atomic mass is 32.2. The first-order valence-corrected chi connectivity index (χ1v) is 8.69. The zero-order chi connectivity index (χ0) is 15.8. The molecule has 0 atom stereocenters. The molecule has 1 amide bonds. The lowest BCUT2D eigenvalue weighted by Crippen LogP contribution is -2.28. The fourth-order valence-corrected chi connectivity index (χ4v) is 3.20. The van der Waals surface area contributed by atoms with E-state index in [1.165, 1.54) is 11.8 Å². The molecule has 0 saturated heterocycles. The van der Waals surface area contributed by atoms with Crippen LogP contribution in [0.2, 0.25) is 0 Å². The van der Waals surface area contributed by atoms with Crippen molar-refractivity contribution in [3.05, 3.63) is 29.8 Å². The molecule has 1 rings (SSSR count). The van der Waals surface area contributed by atoms with Crippen molar-refractivity contribution in [3.63, 3.8) is 0 Å². The molecule has 1 aromatic carbocycles. The number of nitrogens with one attached hydrogen (secondary N) is 1. The Hall–Kier alpha value is -1.07. The standard InChI is InChI=1S/C16H24N2OS2/c1-5-18(6-2)16(20)21-11-15(19)17-14-10-8-7-9-13(14)12(3)4/h7-10,12H,5-6,11H2,1-4H3,(H,17,19). The van der Waals surface area contributed by atoms with Crippen molar-refractivity contribution < 1.29 is 4.79 Å². The van der Waals surface area contributed by atoms with Gasteiger partial charge in [-0.15, -0.1) is 0 Å². The van der Waals surface area contributed by atoms with Crippen LogP contribution in [0.15, 0.2) is 24.3 Å². The molecule has 0 bridgehead atoms. The Morgan fingerprint density at radius 3 is 2.48 bits per heavy atom. The van der Waals surface area contributed by atoms with E-state index in [2.05, 4.69) is 37.9 Å². The molecule has 0 aliphatic heterocycles. The predicted octanol–water partition coefficient (Wildman–Crippen LogP) is 4.11. The number of carbonyl (C=O) groups is 1. The first-order valence-electron chi connectivity index (χ1n) is 7.30. The van der Waals surface area contributed by atoms with Gasteiger partial charge in [0.15, 0.2) is 0 Å².